The van der Waals surface area contributed by atoms with Crippen molar-refractivity contribution in [1.82, 2.24) is 9.88 Å². The molecule has 1 N–H and O–H groups in total. The molecular formula is C16H19BrN2O. The standard InChI is InChI=1S/C16H19BrN2O/c17-15-10-19-4-1-2-12-6-11(8-14(15)16(12)19)7-13-9-18-3-5-20-13/h6,8,10,13,18H,1-5,7,9H2. The van der Waals surface area contributed by atoms with Crippen LogP contribution in [0.3, 0.4) is 0 Å². The van der Waals surface area contributed by atoms with Gasteiger partial charge in [-0.1, -0.05) is 6.07 Å². The first-order valence-electron chi connectivity index (χ1n) is 7.44. The summed E-state index contributed by atoms with van der Waals surface area (Å²) < 4.78 is 9.45. The summed E-state index contributed by atoms with van der Waals surface area (Å²) in [6.07, 6.45) is 6.00. The number of benzene rings is 1. The van der Waals surface area contributed by atoms with Crippen molar-refractivity contribution in [3.63, 3.8) is 0 Å². The van der Waals surface area contributed by atoms with E-state index in [0.717, 1.165) is 32.7 Å². The number of nitrogens with zero attached hydrogens (tertiary/aromatic N) is 1. The zero-order chi connectivity index (χ0) is 13.5. The highest BCUT2D eigenvalue weighted by molar-refractivity contribution is 9.10. The van der Waals surface area contributed by atoms with Crippen LogP contribution < -0.4 is 5.32 Å². The first kappa shape index (κ1) is 12.9. The van der Waals surface area contributed by atoms with Gasteiger partial charge in [0, 0.05) is 35.7 Å². The molecule has 1 atom stereocenters. The second-order valence-electron chi connectivity index (χ2n) is 5.83. The summed E-state index contributed by atoms with van der Waals surface area (Å²) >= 11 is 3.72. The molecule has 3 nitrogen and oxygen atoms in total. The smallest absolute Gasteiger partial charge is 0.0740 e. The third-order valence-corrected chi connectivity index (χ3v) is 5.01. The van der Waals surface area contributed by atoms with E-state index in [0.29, 0.717) is 6.10 Å². The minimum absolute atomic E-state index is 0.317. The summed E-state index contributed by atoms with van der Waals surface area (Å²) in [6.45, 7) is 3.93. The van der Waals surface area contributed by atoms with Gasteiger partial charge in [-0.05, 0) is 52.4 Å². The van der Waals surface area contributed by atoms with Gasteiger partial charge >= 0.3 is 0 Å². The third-order valence-electron chi connectivity index (χ3n) is 4.38. The van der Waals surface area contributed by atoms with Gasteiger partial charge in [0.05, 0.1) is 18.2 Å². The number of nitrogens with one attached hydrogen (secondary N) is 1. The van der Waals surface area contributed by atoms with E-state index < -0.39 is 0 Å². The van der Waals surface area contributed by atoms with Crippen LogP contribution in [0.5, 0.6) is 0 Å². The Kier molecular flexibility index (Phi) is 3.33. The molecule has 0 amide bonds. The molecule has 2 aliphatic rings. The molecule has 1 unspecified atom stereocenters. The van der Waals surface area contributed by atoms with Crippen LogP contribution in [-0.4, -0.2) is 30.4 Å². The quantitative estimate of drug-likeness (QED) is 0.913. The summed E-state index contributed by atoms with van der Waals surface area (Å²) in [5.74, 6) is 0. The molecule has 1 fully saturated rings. The Balaban J connectivity index is 1.72. The minimum atomic E-state index is 0.317. The Morgan fingerprint density at radius 2 is 2.35 bits per heavy atom. The van der Waals surface area contributed by atoms with Crippen molar-refractivity contribution < 1.29 is 4.74 Å². The van der Waals surface area contributed by atoms with E-state index in [1.165, 1.54) is 39.3 Å². The molecule has 106 valence electrons. The van der Waals surface area contributed by atoms with Crippen molar-refractivity contribution in [3.05, 3.63) is 33.9 Å². The van der Waals surface area contributed by atoms with Gasteiger partial charge < -0.3 is 14.6 Å². The van der Waals surface area contributed by atoms with E-state index in [1.807, 2.05) is 0 Å². The monoisotopic (exact) mass is 334 g/mol. The van der Waals surface area contributed by atoms with Crippen LogP contribution in [0.15, 0.2) is 22.8 Å². The Morgan fingerprint density at radius 3 is 3.20 bits per heavy atom. The fourth-order valence-corrected chi connectivity index (χ4v) is 4.04. The molecule has 1 aromatic carbocycles. The molecule has 0 bridgehead atoms. The predicted octanol–water partition coefficient (Wildman–Crippen LogP) is 2.88. The highest BCUT2D eigenvalue weighted by atomic mass is 79.9. The van der Waals surface area contributed by atoms with Gasteiger partial charge in [0.15, 0.2) is 0 Å². The molecule has 1 aromatic heterocycles. The van der Waals surface area contributed by atoms with Gasteiger partial charge in [0.1, 0.15) is 0 Å². The van der Waals surface area contributed by atoms with Crippen LogP contribution in [0.2, 0.25) is 0 Å². The topological polar surface area (TPSA) is 26.2 Å². The summed E-state index contributed by atoms with van der Waals surface area (Å²) in [4.78, 5) is 0. The summed E-state index contributed by atoms with van der Waals surface area (Å²) in [5.41, 5.74) is 4.33. The zero-order valence-corrected chi connectivity index (χ0v) is 13.1. The molecule has 2 aliphatic heterocycles. The molecule has 4 rings (SSSR count). The van der Waals surface area contributed by atoms with Gasteiger partial charge in [0.25, 0.3) is 0 Å². The van der Waals surface area contributed by atoms with Crippen molar-refractivity contribution in [2.24, 2.45) is 0 Å². The number of ether oxygens (including phenoxy) is 1. The molecule has 0 radical (unpaired) electrons. The Bertz CT molecular complexity index is 643. The van der Waals surface area contributed by atoms with Crippen LogP contribution in [-0.2, 0) is 24.1 Å². The Labute approximate surface area is 127 Å². The lowest BCUT2D eigenvalue weighted by Crippen LogP contribution is -2.39. The molecule has 4 heteroatoms. The molecule has 3 heterocycles. The Hall–Kier alpha value is -0.840. The predicted molar refractivity (Wildman–Crippen MR) is 84.3 cm³/mol. The zero-order valence-electron chi connectivity index (χ0n) is 11.5. The lowest BCUT2D eigenvalue weighted by molar-refractivity contribution is 0.0292. The molecule has 0 spiro atoms. The normalized spacial score (nSPS) is 22.4. The SMILES string of the molecule is Brc1cn2c3c(cc(CC4CNCCO4)cc13)CCC2. The average molecular weight is 335 g/mol. The maximum absolute atomic E-state index is 5.84. The van der Waals surface area contributed by atoms with Crippen LogP contribution in [0.25, 0.3) is 10.9 Å². The largest absolute Gasteiger partial charge is 0.375 e. The highest BCUT2D eigenvalue weighted by Crippen LogP contribution is 2.34. The number of rotatable bonds is 2. The fourth-order valence-electron chi connectivity index (χ4n) is 3.49. The highest BCUT2D eigenvalue weighted by Gasteiger charge is 2.19. The number of halogens is 1. The number of morpholine rings is 1. The van der Waals surface area contributed by atoms with E-state index >= 15 is 0 Å². The molecular weight excluding hydrogens is 316 g/mol. The van der Waals surface area contributed by atoms with Crippen molar-refractivity contribution in [3.8, 4) is 0 Å². The number of hydrogen-bond acceptors (Lipinski definition) is 2. The second-order valence-corrected chi connectivity index (χ2v) is 6.68. The van der Waals surface area contributed by atoms with Gasteiger partial charge in [0.2, 0.25) is 0 Å². The van der Waals surface area contributed by atoms with Crippen LogP contribution >= 0.6 is 15.9 Å². The molecule has 1 saturated heterocycles. The van der Waals surface area contributed by atoms with Crippen molar-refractivity contribution in [1.29, 1.82) is 0 Å². The maximum Gasteiger partial charge on any atom is 0.0740 e. The summed E-state index contributed by atoms with van der Waals surface area (Å²) in [5, 5.41) is 4.77. The van der Waals surface area contributed by atoms with Crippen molar-refractivity contribution in [2.75, 3.05) is 19.7 Å². The van der Waals surface area contributed by atoms with Gasteiger partial charge in [-0.15, -0.1) is 0 Å². The van der Waals surface area contributed by atoms with E-state index in [-0.39, 0.29) is 0 Å². The van der Waals surface area contributed by atoms with Crippen LogP contribution in [0.1, 0.15) is 17.5 Å². The summed E-state index contributed by atoms with van der Waals surface area (Å²) in [7, 11) is 0. The van der Waals surface area contributed by atoms with E-state index in [2.05, 4.69) is 44.1 Å². The van der Waals surface area contributed by atoms with Crippen LogP contribution in [0.4, 0.5) is 0 Å². The van der Waals surface area contributed by atoms with Crippen molar-refractivity contribution >= 4 is 26.8 Å². The van der Waals surface area contributed by atoms with Crippen LogP contribution in [0, 0.1) is 0 Å². The molecule has 2 aromatic rings. The third kappa shape index (κ3) is 2.20. The average Bonchev–Trinajstić information content (AvgIpc) is 2.78. The number of aromatic nitrogens is 1. The fraction of sp³-hybridized carbons (Fsp3) is 0.500. The second kappa shape index (κ2) is 5.17. The van der Waals surface area contributed by atoms with Gasteiger partial charge in [-0.25, -0.2) is 0 Å². The Morgan fingerprint density at radius 1 is 1.40 bits per heavy atom. The number of aryl methyl sites for hydroxylation is 2. The summed E-state index contributed by atoms with van der Waals surface area (Å²) in [6, 6.07) is 4.73. The van der Waals surface area contributed by atoms with Crippen molar-refractivity contribution in [2.45, 2.75) is 31.9 Å². The lowest BCUT2D eigenvalue weighted by Gasteiger charge is -2.24. The first-order chi connectivity index (χ1) is 9.81. The van der Waals surface area contributed by atoms with E-state index in [9.17, 15) is 0 Å². The molecule has 20 heavy (non-hydrogen) atoms. The lowest BCUT2D eigenvalue weighted by atomic mass is 9.97. The first-order valence-corrected chi connectivity index (χ1v) is 8.23. The van der Waals surface area contributed by atoms with E-state index in [4.69, 9.17) is 4.74 Å². The number of hydrogen-bond donors (Lipinski definition) is 1. The molecule has 0 aliphatic carbocycles. The minimum Gasteiger partial charge on any atom is -0.375 e. The van der Waals surface area contributed by atoms with E-state index in [1.54, 1.807) is 0 Å². The molecule has 0 saturated carbocycles. The van der Waals surface area contributed by atoms with Gasteiger partial charge in [-0.3, -0.25) is 0 Å². The van der Waals surface area contributed by atoms with Gasteiger partial charge in [-0.2, -0.15) is 0 Å². The maximum atomic E-state index is 5.84.